The average molecular weight is 370 g/mol. The molecule has 1 aromatic carbocycles. The van der Waals surface area contributed by atoms with Gasteiger partial charge in [-0.2, -0.15) is 0 Å². The number of ether oxygens (including phenoxy) is 1. The number of carbonyl (C=O) groups excluding carboxylic acids is 1. The van der Waals surface area contributed by atoms with Gasteiger partial charge in [0.15, 0.2) is 0 Å². The van der Waals surface area contributed by atoms with Gasteiger partial charge in [0.1, 0.15) is 5.75 Å². The van der Waals surface area contributed by atoms with E-state index in [0.717, 1.165) is 49.6 Å². The van der Waals surface area contributed by atoms with Crippen LogP contribution in [0.3, 0.4) is 0 Å². The molecule has 1 N–H and O–H groups in total. The molecule has 1 amide bonds. The second-order valence-electron chi connectivity index (χ2n) is 7.57. The molecule has 1 fully saturated rings. The number of hydrogen-bond acceptors (Lipinski definition) is 3. The lowest BCUT2D eigenvalue weighted by molar-refractivity contribution is 0.0730. The van der Waals surface area contributed by atoms with E-state index in [0.29, 0.717) is 5.92 Å². The van der Waals surface area contributed by atoms with Gasteiger partial charge in [0.05, 0.1) is 12.7 Å². The number of hydrogen-bond donors (Lipinski definition) is 1. The Balaban J connectivity index is 1.52. The Labute approximate surface area is 162 Å². The number of aryl methyl sites for hydroxylation is 1. The zero-order valence-electron chi connectivity index (χ0n) is 16.7. The molecular weight excluding hydrogens is 338 g/mol. The number of amides is 1. The second kappa shape index (κ2) is 9.09. The maximum Gasteiger partial charge on any atom is 0.255 e. The first-order valence-electron chi connectivity index (χ1n) is 9.82. The van der Waals surface area contributed by atoms with Crippen LogP contribution in [0.1, 0.15) is 34.5 Å². The Morgan fingerprint density at radius 2 is 2.15 bits per heavy atom. The van der Waals surface area contributed by atoms with Crippen molar-refractivity contribution in [2.75, 3.05) is 40.3 Å². The minimum Gasteiger partial charge on any atom is -0.496 e. The Kier molecular flexibility index (Phi) is 6.56. The van der Waals surface area contributed by atoms with Gasteiger partial charge in [-0.3, -0.25) is 4.79 Å². The third-order valence-electron chi connectivity index (χ3n) is 5.56. The molecule has 1 atom stereocenters. The van der Waals surface area contributed by atoms with Crippen molar-refractivity contribution in [3.63, 3.8) is 0 Å². The minimum atomic E-state index is 0.111. The molecule has 1 aromatic heterocycles. The highest BCUT2D eigenvalue weighted by Gasteiger charge is 2.24. The molecule has 1 unspecified atom stereocenters. The fraction of sp³-hybridized carbons (Fsp3) is 0.500. The van der Waals surface area contributed by atoms with Crippen molar-refractivity contribution >= 4 is 5.91 Å². The average Bonchev–Trinajstić information content (AvgIpc) is 3.12. The summed E-state index contributed by atoms with van der Waals surface area (Å²) in [6.45, 7) is 5.99. The molecule has 3 rings (SSSR count). The molecule has 0 aliphatic carbocycles. The number of para-hydroxylation sites is 1. The predicted octanol–water partition coefficient (Wildman–Crippen LogP) is 3.36. The van der Waals surface area contributed by atoms with Crippen LogP contribution in [0, 0.1) is 12.8 Å². The topological polar surface area (TPSA) is 48.6 Å². The molecule has 2 aromatic rings. The van der Waals surface area contributed by atoms with Gasteiger partial charge >= 0.3 is 0 Å². The van der Waals surface area contributed by atoms with Crippen molar-refractivity contribution in [2.24, 2.45) is 5.92 Å². The molecule has 1 aliphatic rings. The number of piperidine rings is 1. The smallest absolute Gasteiger partial charge is 0.255 e. The van der Waals surface area contributed by atoms with Gasteiger partial charge in [0.2, 0.25) is 0 Å². The molecule has 5 nitrogen and oxygen atoms in total. The first-order valence-corrected chi connectivity index (χ1v) is 9.82. The zero-order chi connectivity index (χ0) is 19.2. The van der Waals surface area contributed by atoms with E-state index in [1.54, 1.807) is 7.11 Å². The Bertz CT molecular complexity index is 756. The summed E-state index contributed by atoms with van der Waals surface area (Å²) in [6.07, 6.45) is 5.21. The minimum absolute atomic E-state index is 0.111. The summed E-state index contributed by atoms with van der Waals surface area (Å²) >= 11 is 0. The van der Waals surface area contributed by atoms with E-state index in [-0.39, 0.29) is 5.91 Å². The van der Waals surface area contributed by atoms with Crippen LogP contribution in [-0.4, -0.2) is 61.0 Å². The largest absolute Gasteiger partial charge is 0.496 e. The Morgan fingerprint density at radius 3 is 2.89 bits per heavy atom. The van der Waals surface area contributed by atoms with E-state index in [9.17, 15) is 4.79 Å². The van der Waals surface area contributed by atoms with Gasteiger partial charge in [-0.05, 0) is 56.3 Å². The van der Waals surface area contributed by atoms with Crippen molar-refractivity contribution in [3.8, 4) is 5.75 Å². The third-order valence-corrected chi connectivity index (χ3v) is 5.56. The Morgan fingerprint density at radius 1 is 1.33 bits per heavy atom. The van der Waals surface area contributed by atoms with Crippen molar-refractivity contribution < 1.29 is 9.53 Å². The molecule has 0 radical (unpaired) electrons. The van der Waals surface area contributed by atoms with Crippen LogP contribution in [0.2, 0.25) is 0 Å². The summed E-state index contributed by atoms with van der Waals surface area (Å²) in [5.74, 6) is 1.61. The molecule has 0 bridgehead atoms. The highest BCUT2D eigenvalue weighted by Crippen LogP contribution is 2.21. The van der Waals surface area contributed by atoms with Gasteiger partial charge in [-0.1, -0.05) is 18.2 Å². The summed E-state index contributed by atoms with van der Waals surface area (Å²) in [6, 6.07) is 10.1. The van der Waals surface area contributed by atoms with Gasteiger partial charge in [-0.15, -0.1) is 0 Å². The number of nitrogens with one attached hydrogen (secondary N) is 1. The molecule has 0 saturated carbocycles. The number of likely N-dealkylation sites (tertiary alicyclic amines) is 1. The van der Waals surface area contributed by atoms with E-state index < -0.39 is 0 Å². The van der Waals surface area contributed by atoms with Crippen molar-refractivity contribution in [1.82, 2.24) is 14.8 Å². The van der Waals surface area contributed by atoms with Crippen LogP contribution in [0.25, 0.3) is 0 Å². The number of methoxy groups -OCH3 is 1. The molecular formula is C22H31N3O2. The standard InChI is InChI=1S/C22H31N3O2/c1-17-20(10-12-23-17)22(26)24(2)15-18-7-6-13-25(16-18)14-11-19-8-4-5-9-21(19)27-3/h4-5,8-10,12,18,23H,6-7,11,13-16H2,1-3H3. The Hall–Kier alpha value is -2.27. The maximum atomic E-state index is 12.6. The number of nitrogens with zero attached hydrogens (tertiary/aromatic N) is 2. The quantitative estimate of drug-likeness (QED) is 0.814. The lowest BCUT2D eigenvalue weighted by atomic mass is 9.96. The lowest BCUT2D eigenvalue weighted by Crippen LogP contribution is -2.42. The monoisotopic (exact) mass is 369 g/mol. The summed E-state index contributed by atoms with van der Waals surface area (Å²) < 4.78 is 5.47. The van der Waals surface area contributed by atoms with Gasteiger partial charge in [0, 0.05) is 38.6 Å². The third kappa shape index (κ3) is 4.92. The van der Waals surface area contributed by atoms with Crippen LogP contribution in [0.5, 0.6) is 5.75 Å². The first-order chi connectivity index (χ1) is 13.1. The van der Waals surface area contributed by atoms with E-state index in [1.807, 2.05) is 43.3 Å². The summed E-state index contributed by atoms with van der Waals surface area (Å²) in [5, 5.41) is 0. The van der Waals surface area contributed by atoms with Crippen LogP contribution < -0.4 is 4.74 Å². The highest BCUT2D eigenvalue weighted by atomic mass is 16.5. The van der Waals surface area contributed by atoms with Crippen molar-refractivity contribution in [2.45, 2.75) is 26.2 Å². The zero-order valence-corrected chi connectivity index (χ0v) is 16.7. The van der Waals surface area contributed by atoms with Crippen LogP contribution >= 0.6 is 0 Å². The predicted molar refractivity (Wildman–Crippen MR) is 108 cm³/mol. The molecule has 27 heavy (non-hydrogen) atoms. The fourth-order valence-corrected chi connectivity index (χ4v) is 4.05. The normalized spacial score (nSPS) is 17.7. The van der Waals surface area contributed by atoms with Crippen molar-refractivity contribution in [3.05, 3.63) is 53.3 Å². The van der Waals surface area contributed by atoms with E-state index in [1.165, 1.54) is 18.4 Å². The highest BCUT2D eigenvalue weighted by molar-refractivity contribution is 5.95. The van der Waals surface area contributed by atoms with Crippen LogP contribution in [0.15, 0.2) is 36.5 Å². The number of carbonyl (C=O) groups is 1. The number of rotatable bonds is 7. The van der Waals surface area contributed by atoms with E-state index in [2.05, 4.69) is 22.0 Å². The number of aromatic nitrogens is 1. The summed E-state index contributed by atoms with van der Waals surface area (Å²) in [7, 11) is 3.65. The molecule has 0 spiro atoms. The second-order valence-corrected chi connectivity index (χ2v) is 7.57. The van der Waals surface area contributed by atoms with Crippen LogP contribution in [-0.2, 0) is 6.42 Å². The van der Waals surface area contributed by atoms with Gasteiger partial charge in [-0.25, -0.2) is 0 Å². The van der Waals surface area contributed by atoms with Gasteiger partial charge < -0.3 is 19.5 Å². The fourth-order valence-electron chi connectivity index (χ4n) is 4.05. The number of aromatic amines is 1. The maximum absolute atomic E-state index is 12.6. The van der Waals surface area contributed by atoms with Crippen molar-refractivity contribution in [1.29, 1.82) is 0 Å². The molecule has 2 heterocycles. The first kappa shape index (κ1) is 19.5. The van der Waals surface area contributed by atoms with Crippen LogP contribution in [0.4, 0.5) is 0 Å². The summed E-state index contributed by atoms with van der Waals surface area (Å²) in [5.41, 5.74) is 2.98. The van der Waals surface area contributed by atoms with E-state index in [4.69, 9.17) is 4.74 Å². The number of H-pyrrole nitrogens is 1. The molecule has 1 saturated heterocycles. The summed E-state index contributed by atoms with van der Waals surface area (Å²) in [4.78, 5) is 20.1. The molecule has 1 aliphatic heterocycles. The van der Waals surface area contributed by atoms with E-state index >= 15 is 0 Å². The SMILES string of the molecule is COc1ccccc1CCN1CCCC(CN(C)C(=O)c2cc[nH]c2C)C1. The lowest BCUT2D eigenvalue weighted by Gasteiger charge is -2.34. The van der Waals surface area contributed by atoms with Gasteiger partial charge in [0.25, 0.3) is 5.91 Å². The number of benzene rings is 1. The molecule has 146 valence electrons. The molecule has 5 heteroatoms.